The largest absolute Gasteiger partial charge is 0.364 e. The van der Waals surface area contributed by atoms with Gasteiger partial charge in [-0.05, 0) is 42.5 Å². The lowest BCUT2D eigenvalue weighted by molar-refractivity contribution is -0.117. The van der Waals surface area contributed by atoms with E-state index in [1.807, 2.05) is 29.2 Å². The number of nitrogens with zero attached hydrogens (tertiary/aromatic N) is 4. The second kappa shape index (κ2) is 9.34. The SMILES string of the molecule is C=CC(=O)NC1CCCN(c2nnc(C(N)=O)c(Nc3ccc(C(C)C)cc3)n2)C1. The van der Waals surface area contributed by atoms with E-state index in [9.17, 15) is 9.59 Å². The Bertz CT molecular complexity index is 927. The molecule has 158 valence electrons. The van der Waals surface area contributed by atoms with Gasteiger partial charge in [0, 0.05) is 24.8 Å². The highest BCUT2D eigenvalue weighted by Crippen LogP contribution is 2.23. The number of anilines is 3. The topological polar surface area (TPSA) is 126 Å². The highest BCUT2D eigenvalue weighted by Gasteiger charge is 2.24. The van der Waals surface area contributed by atoms with Crippen LogP contribution in [-0.4, -0.2) is 46.1 Å². The molecule has 1 aliphatic rings. The Labute approximate surface area is 175 Å². The first-order valence-electron chi connectivity index (χ1n) is 9.96. The Kier molecular flexibility index (Phi) is 6.61. The summed E-state index contributed by atoms with van der Waals surface area (Å²) in [5.41, 5.74) is 7.41. The minimum absolute atomic E-state index is 0.0276. The highest BCUT2D eigenvalue weighted by molar-refractivity contribution is 5.96. The van der Waals surface area contributed by atoms with Crippen LogP contribution in [0, 0.1) is 0 Å². The molecular weight excluding hydrogens is 382 g/mol. The molecule has 1 fully saturated rings. The molecule has 0 bridgehead atoms. The average Bonchev–Trinajstić information content (AvgIpc) is 2.74. The van der Waals surface area contributed by atoms with Crippen molar-refractivity contribution in [2.45, 2.75) is 38.6 Å². The Morgan fingerprint density at radius 1 is 1.27 bits per heavy atom. The molecule has 0 aliphatic carbocycles. The van der Waals surface area contributed by atoms with Gasteiger partial charge in [0.2, 0.25) is 11.9 Å². The molecule has 1 aliphatic heterocycles. The van der Waals surface area contributed by atoms with Crippen molar-refractivity contribution in [3.63, 3.8) is 0 Å². The summed E-state index contributed by atoms with van der Waals surface area (Å²) in [6.45, 7) is 8.99. The molecule has 2 aromatic rings. The molecule has 9 nitrogen and oxygen atoms in total. The van der Waals surface area contributed by atoms with Crippen molar-refractivity contribution >= 4 is 29.3 Å². The van der Waals surface area contributed by atoms with E-state index in [-0.39, 0.29) is 23.5 Å². The molecule has 0 spiro atoms. The van der Waals surface area contributed by atoms with E-state index in [4.69, 9.17) is 5.73 Å². The predicted octanol–water partition coefficient (Wildman–Crippen LogP) is 2.11. The second-order valence-electron chi connectivity index (χ2n) is 7.57. The number of carbonyl (C=O) groups excluding carboxylic acids is 2. The zero-order chi connectivity index (χ0) is 21.7. The van der Waals surface area contributed by atoms with E-state index in [0.717, 1.165) is 25.1 Å². The van der Waals surface area contributed by atoms with Crippen LogP contribution in [0.15, 0.2) is 36.9 Å². The first-order valence-corrected chi connectivity index (χ1v) is 9.96. The normalized spacial score (nSPS) is 16.2. The number of nitrogens with two attached hydrogens (primary N) is 1. The predicted molar refractivity (Wildman–Crippen MR) is 116 cm³/mol. The highest BCUT2D eigenvalue weighted by atomic mass is 16.2. The molecule has 3 rings (SSSR count). The molecule has 1 saturated heterocycles. The lowest BCUT2D eigenvalue weighted by Crippen LogP contribution is -2.48. The lowest BCUT2D eigenvalue weighted by Gasteiger charge is -2.32. The zero-order valence-electron chi connectivity index (χ0n) is 17.3. The quantitative estimate of drug-likeness (QED) is 0.598. The molecule has 9 heteroatoms. The van der Waals surface area contributed by atoms with E-state index in [2.05, 4.69) is 46.2 Å². The fourth-order valence-corrected chi connectivity index (χ4v) is 3.33. The molecule has 1 aromatic carbocycles. The van der Waals surface area contributed by atoms with Crippen LogP contribution >= 0.6 is 0 Å². The van der Waals surface area contributed by atoms with Crippen molar-refractivity contribution in [3.8, 4) is 0 Å². The summed E-state index contributed by atoms with van der Waals surface area (Å²) in [7, 11) is 0. The molecule has 0 radical (unpaired) electrons. The first-order chi connectivity index (χ1) is 14.4. The first kappa shape index (κ1) is 21.2. The summed E-state index contributed by atoms with van der Waals surface area (Å²) in [6.07, 6.45) is 2.98. The van der Waals surface area contributed by atoms with Crippen LogP contribution in [-0.2, 0) is 4.79 Å². The van der Waals surface area contributed by atoms with Crippen LogP contribution in [0.1, 0.15) is 48.7 Å². The number of aromatic nitrogens is 3. The third kappa shape index (κ3) is 5.11. The number of nitrogens with one attached hydrogen (secondary N) is 2. The van der Waals surface area contributed by atoms with Crippen LogP contribution in [0.4, 0.5) is 17.5 Å². The Morgan fingerprint density at radius 2 is 2.00 bits per heavy atom. The van der Waals surface area contributed by atoms with Crippen molar-refractivity contribution in [3.05, 3.63) is 48.2 Å². The summed E-state index contributed by atoms with van der Waals surface area (Å²) in [4.78, 5) is 29.9. The van der Waals surface area contributed by atoms with Gasteiger partial charge in [-0.2, -0.15) is 4.98 Å². The minimum Gasteiger partial charge on any atom is -0.364 e. The molecule has 1 aromatic heterocycles. The summed E-state index contributed by atoms with van der Waals surface area (Å²) in [6, 6.07) is 7.84. The average molecular weight is 409 g/mol. The molecular formula is C21H27N7O2. The number of carbonyl (C=O) groups is 2. The van der Waals surface area contributed by atoms with Gasteiger partial charge in [0.05, 0.1) is 0 Å². The third-order valence-electron chi connectivity index (χ3n) is 4.99. The summed E-state index contributed by atoms with van der Waals surface area (Å²) in [5, 5.41) is 14.1. The van der Waals surface area contributed by atoms with E-state index in [0.29, 0.717) is 18.4 Å². The molecule has 4 N–H and O–H groups in total. The maximum absolute atomic E-state index is 11.8. The monoisotopic (exact) mass is 409 g/mol. The van der Waals surface area contributed by atoms with E-state index < -0.39 is 5.91 Å². The third-order valence-corrected chi connectivity index (χ3v) is 4.99. The van der Waals surface area contributed by atoms with Crippen LogP contribution in [0.5, 0.6) is 0 Å². The van der Waals surface area contributed by atoms with E-state index in [1.165, 1.54) is 11.6 Å². The zero-order valence-corrected chi connectivity index (χ0v) is 17.3. The molecule has 1 unspecified atom stereocenters. The van der Waals surface area contributed by atoms with Crippen LogP contribution < -0.4 is 21.3 Å². The minimum atomic E-state index is -0.711. The number of piperidine rings is 1. The van der Waals surface area contributed by atoms with Gasteiger partial charge in [-0.3, -0.25) is 9.59 Å². The molecule has 0 saturated carbocycles. The standard InChI is InChI=1S/C21H27N7O2/c1-4-17(29)23-16-6-5-11-28(12-16)21-25-20(18(19(22)30)26-27-21)24-15-9-7-14(8-10-15)13(2)3/h4,7-10,13,16H,1,5-6,11-12H2,2-3H3,(H2,22,30)(H,23,29)(H,24,25,27). The smallest absolute Gasteiger partial charge is 0.273 e. The fourth-order valence-electron chi connectivity index (χ4n) is 3.33. The van der Waals surface area contributed by atoms with Crippen LogP contribution in [0.3, 0.4) is 0 Å². The number of primary amides is 1. The van der Waals surface area contributed by atoms with Gasteiger partial charge in [0.15, 0.2) is 11.5 Å². The van der Waals surface area contributed by atoms with Crippen molar-refractivity contribution in [2.24, 2.45) is 5.73 Å². The maximum Gasteiger partial charge on any atom is 0.273 e. The number of hydrogen-bond donors (Lipinski definition) is 3. The van der Waals surface area contributed by atoms with Gasteiger partial charge in [-0.25, -0.2) is 0 Å². The summed E-state index contributed by atoms with van der Waals surface area (Å²) in [5.74, 6) is 0.122. The van der Waals surface area contributed by atoms with Crippen LogP contribution in [0.2, 0.25) is 0 Å². The number of amides is 2. The lowest BCUT2D eigenvalue weighted by atomic mass is 10.0. The van der Waals surface area contributed by atoms with Gasteiger partial charge >= 0.3 is 0 Å². The van der Waals surface area contributed by atoms with Gasteiger partial charge in [-0.15, -0.1) is 10.2 Å². The summed E-state index contributed by atoms with van der Waals surface area (Å²) < 4.78 is 0. The number of hydrogen-bond acceptors (Lipinski definition) is 7. The molecule has 1 atom stereocenters. The summed E-state index contributed by atoms with van der Waals surface area (Å²) >= 11 is 0. The Balaban J connectivity index is 1.82. The number of benzene rings is 1. The van der Waals surface area contributed by atoms with E-state index in [1.54, 1.807) is 0 Å². The fraction of sp³-hybridized carbons (Fsp3) is 0.381. The van der Waals surface area contributed by atoms with E-state index >= 15 is 0 Å². The van der Waals surface area contributed by atoms with Crippen molar-refractivity contribution in [1.29, 1.82) is 0 Å². The Morgan fingerprint density at radius 3 is 2.63 bits per heavy atom. The molecule has 30 heavy (non-hydrogen) atoms. The molecule has 2 amide bonds. The maximum atomic E-state index is 11.8. The Hall–Kier alpha value is -3.49. The molecule has 2 heterocycles. The van der Waals surface area contributed by atoms with Crippen molar-refractivity contribution in [1.82, 2.24) is 20.5 Å². The van der Waals surface area contributed by atoms with Gasteiger partial charge in [0.1, 0.15) is 0 Å². The van der Waals surface area contributed by atoms with Gasteiger partial charge in [0.25, 0.3) is 5.91 Å². The van der Waals surface area contributed by atoms with Crippen molar-refractivity contribution in [2.75, 3.05) is 23.3 Å². The van der Waals surface area contributed by atoms with Gasteiger partial charge < -0.3 is 21.3 Å². The second-order valence-corrected chi connectivity index (χ2v) is 7.57. The number of rotatable bonds is 7. The van der Waals surface area contributed by atoms with Crippen LogP contribution in [0.25, 0.3) is 0 Å². The van der Waals surface area contributed by atoms with Gasteiger partial charge in [-0.1, -0.05) is 32.6 Å². The van der Waals surface area contributed by atoms with Crippen molar-refractivity contribution < 1.29 is 9.59 Å².